The van der Waals surface area contributed by atoms with Crippen molar-refractivity contribution in [2.75, 3.05) is 33.0 Å². The highest BCUT2D eigenvalue weighted by molar-refractivity contribution is 5.79. The Balaban J connectivity index is 3.91. The molecule has 0 bridgehead atoms. The average molecular weight is 477 g/mol. The summed E-state index contributed by atoms with van der Waals surface area (Å²) in [6.45, 7) is 9.87. The summed E-state index contributed by atoms with van der Waals surface area (Å²) in [7, 11) is 0. The van der Waals surface area contributed by atoms with Gasteiger partial charge in [0.2, 0.25) is 0 Å². The van der Waals surface area contributed by atoms with Gasteiger partial charge in [-0.15, -0.1) is 0 Å². The zero-order valence-corrected chi connectivity index (χ0v) is 20.4. The molecule has 0 aliphatic rings. The van der Waals surface area contributed by atoms with Gasteiger partial charge in [-0.05, 0) is 31.6 Å². The molecule has 0 aromatic carbocycles. The number of carbonyl (C=O) groups excluding carboxylic acids is 2. The quantitative estimate of drug-likeness (QED) is 0.211. The van der Waals surface area contributed by atoms with E-state index in [1.807, 2.05) is 27.7 Å². The normalized spacial score (nSPS) is 14.0. The first-order valence-corrected chi connectivity index (χ1v) is 11.4. The highest BCUT2D eigenvalue weighted by Gasteiger charge is 2.24. The summed E-state index contributed by atoms with van der Waals surface area (Å²) in [5, 5.41) is 18.3. The summed E-state index contributed by atoms with van der Waals surface area (Å²) in [5.41, 5.74) is 0. The van der Waals surface area contributed by atoms with Crippen LogP contribution in [0.2, 0.25) is 0 Å². The largest absolute Gasteiger partial charge is 0.481 e. The van der Waals surface area contributed by atoms with E-state index in [1.54, 1.807) is 6.92 Å². The Labute approximate surface area is 195 Å². The summed E-state index contributed by atoms with van der Waals surface area (Å²) in [6, 6.07) is 0. The van der Waals surface area contributed by atoms with Crippen molar-refractivity contribution in [3.05, 3.63) is 0 Å². The molecule has 10 nitrogen and oxygen atoms in total. The van der Waals surface area contributed by atoms with E-state index in [2.05, 4.69) is 0 Å². The smallest absolute Gasteiger partial charge is 0.307 e. The third-order valence-electron chi connectivity index (χ3n) is 4.63. The Kier molecular flexibility index (Phi) is 16.1. The first-order valence-electron chi connectivity index (χ1n) is 11.4. The van der Waals surface area contributed by atoms with Crippen molar-refractivity contribution in [3.63, 3.8) is 0 Å². The van der Waals surface area contributed by atoms with E-state index in [1.165, 1.54) is 0 Å². The molecule has 0 heterocycles. The average Bonchev–Trinajstić information content (AvgIpc) is 2.69. The molecule has 0 aliphatic carbocycles. The molecule has 3 atom stereocenters. The predicted molar refractivity (Wildman–Crippen MR) is 119 cm³/mol. The second-order valence-corrected chi connectivity index (χ2v) is 8.93. The zero-order chi connectivity index (χ0) is 25.4. The molecule has 3 unspecified atom stereocenters. The maximum atomic E-state index is 11.8. The van der Waals surface area contributed by atoms with E-state index in [0.29, 0.717) is 12.8 Å². The van der Waals surface area contributed by atoms with Gasteiger partial charge in [0.05, 0.1) is 50.6 Å². The lowest BCUT2D eigenvalue weighted by atomic mass is 9.94. The van der Waals surface area contributed by atoms with Gasteiger partial charge < -0.3 is 29.2 Å². The molecule has 0 radical (unpaired) electrons. The highest BCUT2D eigenvalue weighted by Crippen LogP contribution is 2.17. The molecule has 2 N–H and O–H groups in total. The number of ether oxygens (including phenoxy) is 4. The fourth-order valence-corrected chi connectivity index (χ4v) is 3.12. The lowest BCUT2D eigenvalue weighted by Gasteiger charge is -2.16. The molecular formula is C23H40O10. The Bertz CT molecular complexity index is 602. The van der Waals surface area contributed by atoms with E-state index in [-0.39, 0.29) is 63.8 Å². The van der Waals surface area contributed by atoms with Crippen molar-refractivity contribution in [1.29, 1.82) is 0 Å². The Morgan fingerprint density at radius 3 is 1.48 bits per heavy atom. The third-order valence-corrected chi connectivity index (χ3v) is 4.63. The fourth-order valence-electron chi connectivity index (χ4n) is 3.12. The van der Waals surface area contributed by atoms with Gasteiger partial charge >= 0.3 is 23.9 Å². The molecule has 0 saturated heterocycles. The summed E-state index contributed by atoms with van der Waals surface area (Å²) < 4.78 is 20.9. The second kappa shape index (κ2) is 17.3. The molecule has 10 heteroatoms. The molecule has 0 fully saturated rings. The van der Waals surface area contributed by atoms with Crippen LogP contribution < -0.4 is 0 Å². The number of carbonyl (C=O) groups is 4. The van der Waals surface area contributed by atoms with E-state index < -0.39 is 35.7 Å². The van der Waals surface area contributed by atoms with Crippen LogP contribution in [0.4, 0.5) is 0 Å². The summed E-state index contributed by atoms with van der Waals surface area (Å²) >= 11 is 0. The third kappa shape index (κ3) is 17.0. The van der Waals surface area contributed by atoms with Gasteiger partial charge in [0.25, 0.3) is 0 Å². The summed E-state index contributed by atoms with van der Waals surface area (Å²) in [5.74, 6) is -4.35. The minimum absolute atomic E-state index is 0.00985. The van der Waals surface area contributed by atoms with Crippen LogP contribution in [0, 0.1) is 23.7 Å². The van der Waals surface area contributed by atoms with Crippen LogP contribution >= 0.6 is 0 Å². The number of hydrogen-bond acceptors (Lipinski definition) is 8. The Morgan fingerprint density at radius 2 is 1.09 bits per heavy atom. The predicted octanol–water partition coefficient (Wildman–Crippen LogP) is 2.77. The van der Waals surface area contributed by atoms with Gasteiger partial charge in [0.15, 0.2) is 0 Å². The van der Waals surface area contributed by atoms with Gasteiger partial charge in [0.1, 0.15) is 13.2 Å². The molecule has 0 aromatic rings. The fraction of sp³-hybridized carbons (Fsp3) is 0.826. The molecule has 192 valence electrons. The number of rotatable bonds is 19. The molecule has 33 heavy (non-hydrogen) atoms. The number of esters is 2. The van der Waals surface area contributed by atoms with Crippen molar-refractivity contribution < 1.29 is 48.3 Å². The molecule has 0 spiro atoms. The van der Waals surface area contributed by atoms with Crippen LogP contribution in [0.3, 0.4) is 0 Å². The standard InChI is InChI=1S/C23H40O10/c1-15(2)10-18(22(26)27)12-20(24)32-7-6-30-14-17(5)31-8-9-33-21(25)13-19(23(28)29)11-16(3)4/h15-19H,6-14H2,1-5H3,(H,26,27)(H,28,29). The maximum absolute atomic E-state index is 11.8. The van der Waals surface area contributed by atoms with Crippen LogP contribution in [-0.2, 0) is 38.1 Å². The van der Waals surface area contributed by atoms with Crippen LogP contribution in [0.25, 0.3) is 0 Å². The molecule has 0 rings (SSSR count). The summed E-state index contributed by atoms with van der Waals surface area (Å²) in [6.07, 6.45) is 0.173. The van der Waals surface area contributed by atoms with Gasteiger partial charge in [0, 0.05) is 0 Å². The monoisotopic (exact) mass is 476 g/mol. The minimum Gasteiger partial charge on any atom is -0.481 e. The number of carboxylic acid groups (broad SMARTS) is 2. The lowest BCUT2D eigenvalue weighted by molar-refractivity contribution is -0.154. The first-order chi connectivity index (χ1) is 15.4. The van der Waals surface area contributed by atoms with Crippen molar-refractivity contribution in [3.8, 4) is 0 Å². The van der Waals surface area contributed by atoms with E-state index in [4.69, 9.17) is 29.2 Å². The van der Waals surface area contributed by atoms with Crippen LogP contribution in [-0.4, -0.2) is 73.2 Å². The zero-order valence-electron chi connectivity index (χ0n) is 20.4. The number of aliphatic carboxylic acids is 2. The van der Waals surface area contributed by atoms with Crippen LogP contribution in [0.1, 0.15) is 60.3 Å². The SMILES string of the molecule is CC(C)CC(CC(=O)OCCOCC(C)OCCOC(=O)CC(CC(C)C)C(=O)O)C(=O)O. The van der Waals surface area contributed by atoms with Crippen molar-refractivity contribution in [2.24, 2.45) is 23.7 Å². The van der Waals surface area contributed by atoms with Crippen molar-refractivity contribution in [2.45, 2.75) is 66.4 Å². The maximum Gasteiger partial charge on any atom is 0.307 e. The van der Waals surface area contributed by atoms with Crippen molar-refractivity contribution in [1.82, 2.24) is 0 Å². The molecule has 0 saturated carbocycles. The Morgan fingerprint density at radius 1 is 0.667 bits per heavy atom. The van der Waals surface area contributed by atoms with E-state index in [9.17, 15) is 19.2 Å². The van der Waals surface area contributed by atoms with Gasteiger partial charge in [-0.25, -0.2) is 0 Å². The van der Waals surface area contributed by atoms with Gasteiger partial charge in [-0.1, -0.05) is 27.7 Å². The minimum atomic E-state index is -1.01. The van der Waals surface area contributed by atoms with Gasteiger partial charge in [-0.2, -0.15) is 0 Å². The topological polar surface area (TPSA) is 146 Å². The Hall–Kier alpha value is -2.20. The molecule has 0 aromatic heterocycles. The first kappa shape index (κ1) is 30.8. The van der Waals surface area contributed by atoms with E-state index >= 15 is 0 Å². The molecular weight excluding hydrogens is 436 g/mol. The van der Waals surface area contributed by atoms with Crippen LogP contribution in [0.15, 0.2) is 0 Å². The highest BCUT2D eigenvalue weighted by atomic mass is 16.6. The number of hydrogen-bond donors (Lipinski definition) is 2. The molecule has 0 amide bonds. The molecule has 0 aliphatic heterocycles. The van der Waals surface area contributed by atoms with Gasteiger partial charge in [-0.3, -0.25) is 19.2 Å². The lowest BCUT2D eigenvalue weighted by Crippen LogP contribution is -2.24. The number of carboxylic acids is 2. The second-order valence-electron chi connectivity index (χ2n) is 8.93. The van der Waals surface area contributed by atoms with Crippen molar-refractivity contribution >= 4 is 23.9 Å². The summed E-state index contributed by atoms with van der Waals surface area (Å²) in [4.78, 5) is 46.0. The van der Waals surface area contributed by atoms with Crippen LogP contribution in [0.5, 0.6) is 0 Å². The van der Waals surface area contributed by atoms with E-state index in [0.717, 1.165) is 0 Å².